The molecule has 1 aliphatic rings. The Balaban J connectivity index is 1.69. The molecule has 0 N–H and O–H groups in total. The standard InChI is InChI=1S/C24H27BrN4O/c1-2-13-29(16-12-22(30)28-14-5-6-15-28)24-20-10-3-4-11-21(20)26-23(27-24)18-8-7-9-19(25)17-18/h3-4,7-11,17H,2,5-6,12-16H2,1H3. The van der Waals surface area contributed by atoms with Crippen LogP contribution < -0.4 is 4.90 Å². The maximum absolute atomic E-state index is 12.6. The van der Waals surface area contributed by atoms with E-state index in [1.807, 2.05) is 47.4 Å². The molecule has 0 spiro atoms. The zero-order chi connectivity index (χ0) is 20.9. The van der Waals surface area contributed by atoms with Crippen molar-refractivity contribution in [2.24, 2.45) is 0 Å². The molecule has 2 heterocycles. The molecule has 0 aliphatic carbocycles. The maximum Gasteiger partial charge on any atom is 0.224 e. The van der Waals surface area contributed by atoms with E-state index in [1.165, 1.54) is 0 Å². The van der Waals surface area contributed by atoms with Gasteiger partial charge in [0.1, 0.15) is 5.82 Å². The predicted molar refractivity (Wildman–Crippen MR) is 126 cm³/mol. The van der Waals surface area contributed by atoms with Gasteiger partial charge in [0.15, 0.2) is 5.82 Å². The van der Waals surface area contributed by atoms with Crippen molar-refractivity contribution < 1.29 is 4.79 Å². The molecule has 5 nitrogen and oxygen atoms in total. The highest BCUT2D eigenvalue weighted by Gasteiger charge is 2.20. The van der Waals surface area contributed by atoms with Crippen molar-refractivity contribution in [1.82, 2.24) is 14.9 Å². The van der Waals surface area contributed by atoms with Gasteiger partial charge in [-0.25, -0.2) is 9.97 Å². The fourth-order valence-electron chi connectivity index (χ4n) is 4.01. The van der Waals surface area contributed by atoms with Gasteiger partial charge in [-0.3, -0.25) is 4.79 Å². The third kappa shape index (κ3) is 4.64. The van der Waals surface area contributed by atoms with Gasteiger partial charge in [0.2, 0.25) is 5.91 Å². The topological polar surface area (TPSA) is 49.3 Å². The Hall–Kier alpha value is -2.47. The Bertz CT molecular complexity index is 1030. The van der Waals surface area contributed by atoms with E-state index in [1.54, 1.807) is 0 Å². The summed E-state index contributed by atoms with van der Waals surface area (Å²) in [6, 6.07) is 16.2. The van der Waals surface area contributed by atoms with Crippen LogP contribution in [0, 0.1) is 0 Å². The Morgan fingerprint density at radius 3 is 2.63 bits per heavy atom. The molecule has 0 bridgehead atoms. The Morgan fingerprint density at radius 1 is 1.07 bits per heavy atom. The van der Waals surface area contributed by atoms with E-state index in [0.29, 0.717) is 18.8 Å². The van der Waals surface area contributed by atoms with Crippen LogP contribution in [0.5, 0.6) is 0 Å². The normalized spacial score (nSPS) is 13.7. The van der Waals surface area contributed by atoms with Crippen LogP contribution in [0.25, 0.3) is 22.3 Å². The van der Waals surface area contributed by atoms with Gasteiger partial charge in [-0.1, -0.05) is 47.1 Å². The van der Waals surface area contributed by atoms with Crippen molar-refractivity contribution in [1.29, 1.82) is 0 Å². The first-order valence-electron chi connectivity index (χ1n) is 10.7. The highest BCUT2D eigenvalue weighted by Crippen LogP contribution is 2.29. The van der Waals surface area contributed by atoms with Crippen LogP contribution in [0.15, 0.2) is 53.0 Å². The average Bonchev–Trinajstić information content (AvgIpc) is 3.31. The monoisotopic (exact) mass is 466 g/mol. The van der Waals surface area contributed by atoms with E-state index < -0.39 is 0 Å². The number of nitrogens with zero attached hydrogens (tertiary/aromatic N) is 4. The van der Waals surface area contributed by atoms with E-state index in [0.717, 1.165) is 65.7 Å². The number of hydrogen-bond donors (Lipinski definition) is 0. The zero-order valence-electron chi connectivity index (χ0n) is 17.4. The molecule has 6 heteroatoms. The molecule has 1 aromatic heterocycles. The average molecular weight is 467 g/mol. The number of halogens is 1. The fourth-order valence-corrected chi connectivity index (χ4v) is 4.41. The first kappa shape index (κ1) is 20.8. The molecule has 0 atom stereocenters. The van der Waals surface area contributed by atoms with Crippen LogP contribution in [0.2, 0.25) is 0 Å². The summed E-state index contributed by atoms with van der Waals surface area (Å²) in [5.41, 5.74) is 1.89. The first-order chi connectivity index (χ1) is 14.7. The molecule has 1 aliphatic heterocycles. The third-order valence-electron chi connectivity index (χ3n) is 5.51. The summed E-state index contributed by atoms with van der Waals surface area (Å²) in [6.07, 6.45) is 3.75. The molecular formula is C24H27BrN4O. The molecule has 3 aromatic rings. The van der Waals surface area contributed by atoms with Gasteiger partial charge in [-0.05, 0) is 43.5 Å². The molecule has 0 unspecified atom stereocenters. The lowest BCUT2D eigenvalue weighted by Crippen LogP contribution is -2.33. The lowest BCUT2D eigenvalue weighted by Gasteiger charge is -2.26. The second kappa shape index (κ2) is 9.56. The minimum Gasteiger partial charge on any atom is -0.355 e. The minimum atomic E-state index is 0.249. The van der Waals surface area contributed by atoms with Crippen LogP contribution in [-0.2, 0) is 4.79 Å². The molecule has 0 saturated carbocycles. The van der Waals surface area contributed by atoms with E-state index in [2.05, 4.69) is 33.8 Å². The van der Waals surface area contributed by atoms with Crippen molar-refractivity contribution in [3.8, 4) is 11.4 Å². The molecule has 1 amide bonds. The second-order valence-electron chi connectivity index (χ2n) is 7.72. The van der Waals surface area contributed by atoms with Gasteiger partial charge >= 0.3 is 0 Å². The summed E-state index contributed by atoms with van der Waals surface area (Å²) in [6.45, 7) is 5.48. The summed E-state index contributed by atoms with van der Waals surface area (Å²) in [7, 11) is 0. The number of benzene rings is 2. The van der Waals surface area contributed by atoms with E-state index in [9.17, 15) is 4.79 Å². The summed E-state index contributed by atoms with van der Waals surface area (Å²) < 4.78 is 1.000. The Morgan fingerprint density at radius 2 is 1.87 bits per heavy atom. The van der Waals surface area contributed by atoms with E-state index >= 15 is 0 Å². The van der Waals surface area contributed by atoms with Crippen molar-refractivity contribution in [2.75, 3.05) is 31.1 Å². The summed E-state index contributed by atoms with van der Waals surface area (Å²) >= 11 is 3.55. The van der Waals surface area contributed by atoms with Crippen LogP contribution in [0.1, 0.15) is 32.6 Å². The highest BCUT2D eigenvalue weighted by atomic mass is 79.9. The SMILES string of the molecule is CCCN(CCC(=O)N1CCCC1)c1nc(-c2cccc(Br)c2)nc2ccccc12. The van der Waals surface area contributed by atoms with Crippen LogP contribution in [-0.4, -0.2) is 47.0 Å². The van der Waals surface area contributed by atoms with Crippen LogP contribution in [0.4, 0.5) is 5.82 Å². The molecular weight excluding hydrogens is 440 g/mol. The van der Waals surface area contributed by atoms with Gasteiger partial charge in [0, 0.05) is 48.0 Å². The van der Waals surface area contributed by atoms with Gasteiger partial charge in [0.25, 0.3) is 0 Å². The molecule has 156 valence electrons. The lowest BCUT2D eigenvalue weighted by molar-refractivity contribution is -0.129. The van der Waals surface area contributed by atoms with Gasteiger partial charge in [-0.2, -0.15) is 0 Å². The molecule has 2 aromatic carbocycles. The number of para-hydroxylation sites is 1. The second-order valence-corrected chi connectivity index (χ2v) is 8.64. The van der Waals surface area contributed by atoms with Crippen molar-refractivity contribution in [3.05, 3.63) is 53.0 Å². The highest BCUT2D eigenvalue weighted by molar-refractivity contribution is 9.10. The maximum atomic E-state index is 12.6. The van der Waals surface area contributed by atoms with Crippen molar-refractivity contribution >= 4 is 38.6 Å². The molecule has 30 heavy (non-hydrogen) atoms. The summed E-state index contributed by atoms with van der Waals surface area (Å²) in [5.74, 6) is 1.86. The smallest absolute Gasteiger partial charge is 0.224 e. The predicted octanol–water partition coefficient (Wildman–Crippen LogP) is 5.29. The van der Waals surface area contributed by atoms with Gasteiger partial charge < -0.3 is 9.80 Å². The van der Waals surface area contributed by atoms with Crippen LogP contribution >= 0.6 is 15.9 Å². The number of carbonyl (C=O) groups is 1. The minimum absolute atomic E-state index is 0.249. The van der Waals surface area contributed by atoms with Crippen LogP contribution in [0.3, 0.4) is 0 Å². The zero-order valence-corrected chi connectivity index (χ0v) is 18.9. The summed E-state index contributed by atoms with van der Waals surface area (Å²) in [4.78, 5) is 26.7. The van der Waals surface area contributed by atoms with Gasteiger partial charge in [0.05, 0.1) is 5.52 Å². The van der Waals surface area contributed by atoms with E-state index in [-0.39, 0.29) is 5.91 Å². The molecule has 4 rings (SSSR count). The number of anilines is 1. The number of rotatable bonds is 7. The first-order valence-corrected chi connectivity index (χ1v) is 11.5. The van der Waals surface area contributed by atoms with Crippen molar-refractivity contribution in [3.63, 3.8) is 0 Å². The Labute approximate surface area is 186 Å². The molecule has 1 fully saturated rings. The fraction of sp³-hybridized carbons (Fsp3) is 0.375. The molecule has 0 radical (unpaired) electrons. The number of likely N-dealkylation sites (tertiary alicyclic amines) is 1. The number of amides is 1. The third-order valence-corrected chi connectivity index (χ3v) is 6.01. The summed E-state index contributed by atoms with van der Waals surface area (Å²) in [5, 5.41) is 1.03. The molecule has 1 saturated heterocycles. The van der Waals surface area contributed by atoms with E-state index in [4.69, 9.17) is 9.97 Å². The lowest BCUT2D eigenvalue weighted by atomic mass is 10.1. The Kier molecular flexibility index (Phi) is 6.62. The van der Waals surface area contributed by atoms with Crippen molar-refractivity contribution in [2.45, 2.75) is 32.6 Å². The number of carbonyl (C=O) groups excluding carboxylic acids is 1. The largest absolute Gasteiger partial charge is 0.355 e. The van der Waals surface area contributed by atoms with Gasteiger partial charge in [-0.15, -0.1) is 0 Å². The number of fused-ring (bicyclic) bond motifs is 1. The number of aromatic nitrogens is 2. The number of hydrogen-bond acceptors (Lipinski definition) is 4. The quantitative estimate of drug-likeness (QED) is 0.474.